The number of piperazine rings is 1. The van der Waals surface area contributed by atoms with Crippen molar-refractivity contribution in [1.82, 2.24) is 15.2 Å². The predicted octanol–water partition coefficient (Wildman–Crippen LogP) is 2.95. The van der Waals surface area contributed by atoms with E-state index in [1.54, 1.807) is 30.5 Å². The van der Waals surface area contributed by atoms with Crippen molar-refractivity contribution >= 4 is 23.1 Å². The van der Waals surface area contributed by atoms with Crippen molar-refractivity contribution in [3.8, 4) is 6.07 Å². The first-order valence-electron chi connectivity index (χ1n) is 8.94. The summed E-state index contributed by atoms with van der Waals surface area (Å²) in [6.45, 7) is 3.06. The average molecular weight is 375 g/mol. The largest absolute Gasteiger partial charge is 0.368 e. The van der Waals surface area contributed by atoms with E-state index in [1.165, 1.54) is 12.1 Å². The van der Waals surface area contributed by atoms with E-state index in [9.17, 15) is 4.39 Å². The summed E-state index contributed by atoms with van der Waals surface area (Å²) in [7, 11) is 0. The van der Waals surface area contributed by atoms with Crippen molar-refractivity contribution in [2.24, 2.45) is 0 Å². The summed E-state index contributed by atoms with van der Waals surface area (Å²) in [6.07, 6.45) is 1.55. The molecule has 0 saturated carbocycles. The third kappa shape index (κ3) is 3.99. The Bertz CT molecular complexity index is 992. The number of benzene rings is 2. The van der Waals surface area contributed by atoms with Gasteiger partial charge in [-0.25, -0.2) is 4.39 Å². The molecular weight excluding hydrogens is 357 g/mol. The number of nitrogens with zero attached hydrogens (tertiary/aromatic N) is 6. The fourth-order valence-corrected chi connectivity index (χ4v) is 3.12. The van der Waals surface area contributed by atoms with Gasteiger partial charge in [-0.15, -0.1) is 5.10 Å². The minimum atomic E-state index is -0.230. The summed E-state index contributed by atoms with van der Waals surface area (Å²) in [5.41, 5.74) is 2.35. The first-order valence-corrected chi connectivity index (χ1v) is 8.94. The van der Waals surface area contributed by atoms with E-state index in [-0.39, 0.29) is 5.82 Å². The van der Waals surface area contributed by atoms with E-state index in [0.717, 1.165) is 37.6 Å². The molecule has 1 fully saturated rings. The quantitative estimate of drug-likeness (QED) is 0.751. The van der Waals surface area contributed by atoms with Crippen LogP contribution in [-0.2, 0) is 0 Å². The molecule has 1 saturated heterocycles. The van der Waals surface area contributed by atoms with Gasteiger partial charge in [0.25, 0.3) is 0 Å². The zero-order valence-electron chi connectivity index (χ0n) is 15.1. The van der Waals surface area contributed by atoms with Crippen molar-refractivity contribution < 1.29 is 4.39 Å². The molecule has 28 heavy (non-hydrogen) atoms. The second kappa shape index (κ2) is 7.88. The van der Waals surface area contributed by atoms with Crippen LogP contribution in [0.3, 0.4) is 0 Å². The van der Waals surface area contributed by atoms with Gasteiger partial charge >= 0.3 is 0 Å². The third-order valence-corrected chi connectivity index (χ3v) is 4.57. The molecule has 4 rings (SSSR count). The lowest BCUT2D eigenvalue weighted by molar-refractivity contribution is 0.622. The standard InChI is InChI=1S/C20H18FN7/c21-16-4-6-18(7-5-16)27-8-10-28(11-9-27)20-25-19(14-23-26-20)24-17-3-1-2-15(12-17)13-22/h1-7,12,14H,8-11H2,(H,24,25,26). The van der Waals surface area contributed by atoms with Gasteiger partial charge in [0.05, 0.1) is 17.8 Å². The molecule has 0 unspecified atom stereocenters. The molecular formula is C20H18FN7. The van der Waals surface area contributed by atoms with Gasteiger partial charge in [0.15, 0.2) is 5.82 Å². The van der Waals surface area contributed by atoms with Crippen molar-refractivity contribution in [1.29, 1.82) is 5.26 Å². The SMILES string of the molecule is N#Cc1cccc(Nc2cnnc(N3CCN(c4ccc(F)cc4)CC3)n2)c1. The summed E-state index contributed by atoms with van der Waals surface area (Å²) in [5, 5.41) is 20.4. The minimum Gasteiger partial charge on any atom is -0.368 e. The number of hydrogen-bond donors (Lipinski definition) is 1. The molecule has 0 aliphatic carbocycles. The maximum absolute atomic E-state index is 13.1. The Labute approximate surface area is 162 Å². The highest BCUT2D eigenvalue weighted by Crippen LogP contribution is 2.20. The molecule has 8 heteroatoms. The van der Waals surface area contributed by atoms with E-state index in [2.05, 4.69) is 36.4 Å². The van der Waals surface area contributed by atoms with Gasteiger partial charge in [-0.1, -0.05) is 6.07 Å². The van der Waals surface area contributed by atoms with Gasteiger partial charge in [-0.2, -0.15) is 15.3 Å². The number of anilines is 4. The van der Waals surface area contributed by atoms with Gasteiger partial charge in [0.2, 0.25) is 5.95 Å². The molecule has 1 N–H and O–H groups in total. The van der Waals surface area contributed by atoms with Crippen LogP contribution in [-0.4, -0.2) is 41.4 Å². The summed E-state index contributed by atoms with van der Waals surface area (Å²) in [6, 6.07) is 15.8. The molecule has 1 aliphatic heterocycles. The van der Waals surface area contributed by atoms with Gasteiger partial charge in [-0.05, 0) is 42.5 Å². The van der Waals surface area contributed by atoms with E-state index in [1.807, 2.05) is 12.1 Å². The summed E-state index contributed by atoms with van der Waals surface area (Å²) >= 11 is 0. The maximum Gasteiger partial charge on any atom is 0.247 e. The van der Waals surface area contributed by atoms with E-state index >= 15 is 0 Å². The van der Waals surface area contributed by atoms with Gasteiger partial charge in [0, 0.05) is 37.6 Å². The Hall–Kier alpha value is -3.73. The van der Waals surface area contributed by atoms with Crippen LogP contribution in [0.4, 0.5) is 27.5 Å². The van der Waals surface area contributed by atoms with Crippen molar-refractivity contribution in [2.75, 3.05) is 41.3 Å². The van der Waals surface area contributed by atoms with Crippen molar-refractivity contribution in [3.05, 3.63) is 66.1 Å². The van der Waals surface area contributed by atoms with Crippen LogP contribution in [0.25, 0.3) is 0 Å². The Morgan fingerprint density at radius 2 is 1.75 bits per heavy atom. The lowest BCUT2D eigenvalue weighted by atomic mass is 10.2. The molecule has 140 valence electrons. The number of hydrogen-bond acceptors (Lipinski definition) is 7. The van der Waals surface area contributed by atoms with Crippen LogP contribution < -0.4 is 15.1 Å². The van der Waals surface area contributed by atoms with Crippen LogP contribution in [0.15, 0.2) is 54.7 Å². The number of rotatable bonds is 4. The number of nitriles is 1. The molecule has 0 bridgehead atoms. The highest BCUT2D eigenvalue weighted by molar-refractivity contribution is 5.58. The fraction of sp³-hybridized carbons (Fsp3) is 0.200. The zero-order valence-corrected chi connectivity index (χ0v) is 15.1. The summed E-state index contributed by atoms with van der Waals surface area (Å²) < 4.78 is 13.1. The number of aromatic nitrogens is 3. The second-order valence-corrected chi connectivity index (χ2v) is 6.41. The third-order valence-electron chi connectivity index (χ3n) is 4.57. The molecule has 2 heterocycles. The topological polar surface area (TPSA) is 81.0 Å². The molecule has 0 spiro atoms. The summed E-state index contributed by atoms with van der Waals surface area (Å²) in [5.74, 6) is 0.896. The normalized spacial score (nSPS) is 13.9. The average Bonchev–Trinajstić information content (AvgIpc) is 2.75. The van der Waals surface area contributed by atoms with E-state index < -0.39 is 0 Å². The Balaban J connectivity index is 1.42. The summed E-state index contributed by atoms with van der Waals surface area (Å²) in [4.78, 5) is 8.83. The van der Waals surface area contributed by atoms with E-state index in [4.69, 9.17) is 5.26 Å². The van der Waals surface area contributed by atoms with Crippen LogP contribution in [0.1, 0.15) is 5.56 Å². The van der Waals surface area contributed by atoms with E-state index in [0.29, 0.717) is 17.3 Å². The van der Waals surface area contributed by atoms with Crippen molar-refractivity contribution in [3.63, 3.8) is 0 Å². The van der Waals surface area contributed by atoms with Crippen molar-refractivity contribution in [2.45, 2.75) is 0 Å². The highest BCUT2D eigenvalue weighted by atomic mass is 19.1. The van der Waals surface area contributed by atoms with Gasteiger partial charge in [-0.3, -0.25) is 0 Å². The molecule has 1 aromatic heterocycles. The Morgan fingerprint density at radius 3 is 2.50 bits per heavy atom. The first kappa shape index (κ1) is 17.7. The molecule has 1 aliphatic rings. The van der Waals surface area contributed by atoms with Gasteiger partial charge in [0.1, 0.15) is 5.82 Å². The van der Waals surface area contributed by atoms with Crippen LogP contribution in [0, 0.1) is 17.1 Å². The molecule has 3 aromatic rings. The number of halogens is 1. The highest BCUT2D eigenvalue weighted by Gasteiger charge is 2.20. The van der Waals surface area contributed by atoms with Crippen LogP contribution in [0.5, 0.6) is 0 Å². The lowest BCUT2D eigenvalue weighted by Crippen LogP contribution is -2.47. The molecule has 0 radical (unpaired) electrons. The monoisotopic (exact) mass is 375 g/mol. The smallest absolute Gasteiger partial charge is 0.247 e. The van der Waals surface area contributed by atoms with Crippen LogP contribution in [0.2, 0.25) is 0 Å². The maximum atomic E-state index is 13.1. The Morgan fingerprint density at radius 1 is 1.00 bits per heavy atom. The predicted molar refractivity (Wildman–Crippen MR) is 105 cm³/mol. The first-order chi connectivity index (χ1) is 13.7. The fourth-order valence-electron chi connectivity index (χ4n) is 3.12. The van der Waals surface area contributed by atoms with Crippen LogP contribution >= 0.6 is 0 Å². The second-order valence-electron chi connectivity index (χ2n) is 6.41. The molecule has 0 amide bonds. The lowest BCUT2D eigenvalue weighted by Gasteiger charge is -2.35. The molecule has 2 aromatic carbocycles. The Kier molecular flexibility index (Phi) is 4.97. The molecule has 7 nitrogen and oxygen atoms in total. The zero-order chi connectivity index (χ0) is 19.3. The van der Waals surface area contributed by atoms with Gasteiger partial charge < -0.3 is 15.1 Å². The number of nitrogens with one attached hydrogen (secondary N) is 1. The molecule has 0 atom stereocenters. The minimum absolute atomic E-state index is 0.230.